The van der Waals surface area contributed by atoms with Crippen molar-refractivity contribution in [3.63, 3.8) is 0 Å². The molecule has 2 amide bonds. The number of rotatable bonds is 3. The highest BCUT2D eigenvalue weighted by Crippen LogP contribution is 2.24. The van der Waals surface area contributed by atoms with Crippen molar-refractivity contribution in [1.82, 2.24) is 14.9 Å². The van der Waals surface area contributed by atoms with Crippen LogP contribution >= 0.6 is 11.6 Å². The Kier molecular flexibility index (Phi) is 4.76. The SMILES string of the molecule is CC(C)(C)N1CCN(c2cc(C(N)=O)nc(Cl)n2)C(C(N)=O)C1. The monoisotopic (exact) mass is 340 g/mol. The van der Waals surface area contributed by atoms with Gasteiger partial charge in [0.15, 0.2) is 0 Å². The van der Waals surface area contributed by atoms with Gasteiger partial charge in [-0.2, -0.15) is 0 Å². The number of halogens is 1. The third-order valence-electron chi connectivity index (χ3n) is 3.89. The molecule has 4 N–H and O–H groups in total. The van der Waals surface area contributed by atoms with Crippen LogP contribution in [-0.4, -0.2) is 57.9 Å². The molecule has 1 unspecified atom stereocenters. The van der Waals surface area contributed by atoms with Gasteiger partial charge in [0, 0.05) is 31.2 Å². The fourth-order valence-electron chi connectivity index (χ4n) is 2.59. The summed E-state index contributed by atoms with van der Waals surface area (Å²) in [4.78, 5) is 35.0. The first-order chi connectivity index (χ1) is 10.6. The highest BCUT2D eigenvalue weighted by molar-refractivity contribution is 6.28. The molecular formula is C14H21ClN6O2. The maximum Gasteiger partial charge on any atom is 0.267 e. The van der Waals surface area contributed by atoms with Gasteiger partial charge >= 0.3 is 0 Å². The van der Waals surface area contributed by atoms with Crippen LogP contribution in [0, 0.1) is 0 Å². The topological polar surface area (TPSA) is 118 Å². The second kappa shape index (κ2) is 6.29. The molecule has 1 fully saturated rings. The number of aromatic nitrogens is 2. The summed E-state index contributed by atoms with van der Waals surface area (Å²) in [6, 6.07) is 0.853. The molecule has 0 aromatic carbocycles. The minimum absolute atomic E-state index is 0.00136. The maximum absolute atomic E-state index is 11.9. The van der Waals surface area contributed by atoms with Crippen LogP contribution in [-0.2, 0) is 4.79 Å². The van der Waals surface area contributed by atoms with Crippen molar-refractivity contribution >= 4 is 29.2 Å². The van der Waals surface area contributed by atoms with E-state index in [1.807, 2.05) is 0 Å². The van der Waals surface area contributed by atoms with Crippen LogP contribution in [0.15, 0.2) is 6.07 Å². The van der Waals surface area contributed by atoms with E-state index in [2.05, 4.69) is 35.6 Å². The lowest BCUT2D eigenvalue weighted by atomic mass is 10.0. The number of piperazine rings is 1. The molecule has 1 aromatic rings. The van der Waals surface area contributed by atoms with E-state index in [0.29, 0.717) is 18.9 Å². The minimum atomic E-state index is -0.709. The van der Waals surface area contributed by atoms with E-state index in [4.69, 9.17) is 23.1 Å². The first-order valence-electron chi connectivity index (χ1n) is 7.25. The second-order valence-corrected chi connectivity index (χ2v) is 6.81. The van der Waals surface area contributed by atoms with Crippen molar-refractivity contribution in [2.45, 2.75) is 32.4 Å². The molecule has 0 aliphatic carbocycles. The molecule has 8 nitrogen and oxygen atoms in total. The lowest BCUT2D eigenvalue weighted by Gasteiger charge is -2.46. The van der Waals surface area contributed by atoms with E-state index >= 15 is 0 Å². The van der Waals surface area contributed by atoms with Crippen LogP contribution < -0.4 is 16.4 Å². The van der Waals surface area contributed by atoms with Crippen LogP contribution in [0.3, 0.4) is 0 Å². The average Bonchev–Trinajstić information content (AvgIpc) is 2.44. The van der Waals surface area contributed by atoms with E-state index in [1.54, 1.807) is 4.90 Å². The van der Waals surface area contributed by atoms with Crippen molar-refractivity contribution in [3.05, 3.63) is 17.0 Å². The molecule has 9 heteroatoms. The Bertz CT molecular complexity index is 630. The number of hydrogen-bond acceptors (Lipinski definition) is 6. The number of nitrogens with two attached hydrogens (primary N) is 2. The maximum atomic E-state index is 11.9. The summed E-state index contributed by atoms with van der Waals surface area (Å²) in [7, 11) is 0. The van der Waals surface area contributed by atoms with Gasteiger partial charge in [0.25, 0.3) is 5.91 Å². The van der Waals surface area contributed by atoms with Crippen molar-refractivity contribution in [1.29, 1.82) is 0 Å². The summed E-state index contributed by atoms with van der Waals surface area (Å²) in [6.07, 6.45) is 0. The fourth-order valence-corrected chi connectivity index (χ4v) is 2.77. The van der Waals surface area contributed by atoms with Crippen LogP contribution in [0.4, 0.5) is 5.82 Å². The number of carbonyl (C=O) groups excluding carboxylic acids is 2. The molecule has 0 spiro atoms. The zero-order valence-electron chi connectivity index (χ0n) is 13.4. The number of hydrogen-bond donors (Lipinski definition) is 2. The summed E-state index contributed by atoms with van der Waals surface area (Å²) < 4.78 is 0. The molecule has 2 heterocycles. The molecule has 1 atom stereocenters. The van der Waals surface area contributed by atoms with Crippen LogP contribution in [0.25, 0.3) is 0 Å². The summed E-state index contributed by atoms with van der Waals surface area (Å²) >= 11 is 5.86. The summed E-state index contributed by atoms with van der Waals surface area (Å²) in [6.45, 7) is 7.94. The van der Waals surface area contributed by atoms with Gasteiger partial charge in [-0.3, -0.25) is 14.5 Å². The molecule has 23 heavy (non-hydrogen) atoms. The van der Waals surface area contributed by atoms with E-state index < -0.39 is 17.9 Å². The van der Waals surface area contributed by atoms with Gasteiger partial charge in [-0.1, -0.05) is 0 Å². The van der Waals surface area contributed by atoms with Gasteiger partial charge in [-0.25, -0.2) is 9.97 Å². The van der Waals surface area contributed by atoms with Crippen molar-refractivity contribution in [3.8, 4) is 0 Å². The lowest BCUT2D eigenvalue weighted by molar-refractivity contribution is -0.120. The minimum Gasteiger partial charge on any atom is -0.368 e. The van der Waals surface area contributed by atoms with E-state index in [-0.39, 0.29) is 16.5 Å². The van der Waals surface area contributed by atoms with E-state index in [0.717, 1.165) is 6.54 Å². The Hall–Kier alpha value is -1.93. The zero-order valence-corrected chi connectivity index (χ0v) is 14.2. The molecule has 0 saturated carbocycles. The first kappa shape index (κ1) is 17.4. The normalized spacial score (nSPS) is 19.7. The Morgan fingerprint density at radius 2 is 1.91 bits per heavy atom. The highest BCUT2D eigenvalue weighted by Gasteiger charge is 2.36. The average molecular weight is 341 g/mol. The number of nitrogens with zero attached hydrogens (tertiary/aromatic N) is 4. The molecule has 1 saturated heterocycles. The Morgan fingerprint density at radius 3 is 2.43 bits per heavy atom. The molecule has 1 aliphatic rings. The fraction of sp³-hybridized carbons (Fsp3) is 0.571. The molecular weight excluding hydrogens is 320 g/mol. The third-order valence-corrected chi connectivity index (χ3v) is 4.06. The number of amides is 2. The zero-order chi connectivity index (χ0) is 17.4. The Balaban J connectivity index is 2.35. The largest absolute Gasteiger partial charge is 0.368 e. The van der Waals surface area contributed by atoms with Crippen molar-refractivity contribution < 1.29 is 9.59 Å². The molecule has 0 radical (unpaired) electrons. The summed E-state index contributed by atoms with van der Waals surface area (Å²) in [5.74, 6) is -0.801. The highest BCUT2D eigenvalue weighted by atomic mass is 35.5. The first-order valence-corrected chi connectivity index (χ1v) is 7.63. The molecule has 1 aliphatic heterocycles. The van der Waals surface area contributed by atoms with Gasteiger partial charge in [0.1, 0.15) is 17.6 Å². The van der Waals surface area contributed by atoms with E-state index in [1.165, 1.54) is 6.07 Å². The standard InChI is InChI=1S/C14H21ClN6O2/c1-14(2,3)20-4-5-21(9(7-20)12(17)23)10-6-8(11(16)22)18-13(15)19-10/h6,9H,4-5,7H2,1-3H3,(H2,16,22)(H2,17,23). The van der Waals surface area contributed by atoms with Gasteiger partial charge in [-0.05, 0) is 32.4 Å². The molecule has 1 aromatic heterocycles. The van der Waals surface area contributed by atoms with Crippen molar-refractivity contribution in [2.75, 3.05) is 24.5 Å². The smallest absolute Gasteiger partial charge is 0.267 e. The quantitative estimate of drug-likeness (QED) is 0.748. The lowest BCUT2D eigenvalue weighted by Crippen LogP contribution is -2.62. The predicted octanol–water partition coefficient (Wildman–Crippen LogP) is 0.00330. The van der Waals surface area contributed by atoms with Crippen molar-refractivity contribution in [2.24, 2.45) is 11.5 Å². The summed E-state index contributed by atoms with van der Waals surface area (Å²) in [5, 5.41) is -0.0993. The summed E-state index contributed by atoms with van der Waals surface area (Å²) in [5.41, 5.74) is 10.7. The van der Waals surface area contributed by atoms with Crippen LogP contribution in [0.1, 0.15) is 31.3 Å². The second-order valence-electron chi connectivity index (χ2n) is 6.47. The number of carbonyl (C=O) groups is 2. The van der Waals surface area contributed by atoms with Gasteiger partial charge in [0.05, 0.1) is 0 Å². The molecule has 0 bridgehead atoms. The van der Waals surface area contributed by atoms with Crippen LogP contribution in [0.5, 0.6) is 0 Å². The predicted molar refractivity (Wildman–Crippen MR) is 87.2 cm³/mol. The van der Waals surface area contributed by atoms with Gasteiger partial charge in [0.2, 0.25) is 11.2 Å². The Morgan fingerprint density at radius 1 is 1.26 bits per heavy atom. The third kappa shape index (κ3) is 3.89. The number of primary amides is 2. The van der Waals surface area contributed by atoms with Gasteiger partial charge < -0.3 is 16.4 Å². The molecule has 2 rings (SSSR count). The van der Waals surface area contributed by atoms with Gasteiger partial charge in [-0.15, -0.1) is 0 Å². The Labute approximate surface area is 139 Å². The number of anilines is 1. The molecule has 126 valence electrons. The van der Waals surface area contributed by atoms with Crippen LogP contribution in [0.2, 0.25) is 5.28 Å². The van der Waals surface area contributed by atoms with E-state index in [9.17, 15) is 9.59 Å².